The van der Waals surface area contributed by atoms with E-state index < -0.39 is 0 Å². The van der Waals surface area contributed by atoms with E-state index in [1.54, 1.807) is 18.5 Å². The lowest BCUT2D eigenvalue weighted by Crippen LogP contribution is -2.35. The highest BCUT2D eigenvalue weighted by Crippen LogP contribution is 2.08. The molecule has 17 heavy (non-hydrogen) atoms. The van der Waals surface area contributed by atoms with Gasteiger partial charge in [-0.3, -0.25) is 15.0 Å². The minimum Gasteiger partial charge on any atom is -0.316 e. The van der Waals surface area contributed by atoms with Crippen LogP contribution in [0.1, 0.15) is 6.42 Å². The van der Waals surface area contributed by atoms with E-state index in [4.69, 9.17) is 0 Å². The summed E-state index contributed by atoms with van der Waals surface area (Å²) in [5.41, 5.74) is 0. The smallest absolute Gasteiger partial charge is 0.240 e. The van der Waals surface area contributed by atoms with Gasteiger partial charge in [-0.2, -0.15) is 0 Å². The number of nitrogens with one attached hydrogen (secondary N) is 2. The lowest BCUT2D eigenvalue weighted by molar-refractivity contribution is -0.117. The molecule has 0 bridgehead atoms. The Balaban J connectivity index is 1.78. The second kappa shape index (κ2) is 5.70. The molecule has 1 amide bonds. The van der Waals surface area contributed by atoms with Crippen LogP contribution in [0.4, 0.5) is 5.95 Å². The maximum absolute atomic E-state index is 11.7. The molecule has 92 valence electrons. The lowest BCUT2D eigenvalue weighted by Gasteiger charge is -2.14. The van der Waals surface area contributed by atoms with E-state index in [1.165, 1.54) is 0 Å². The monoisotopic (exact) mass is 235 g/mol. The van der Waals surface area contributed by atoms with Crippen LogP contribution in [0.15, 0.2) is 18.5 Å². The summed E-state index contributed by atoms with van der Waals surface area (Å²) in [6.45, 7) is 2.27. The van der Waals surface area contributed by atoms with Crippen molar-refractivity contribution in [1.29, 1.82) is 0 Å². The molecule has 1 atom stereocenters. The fourth-order valence-electron chi connectivity index (χ4n) is 1.94. The third kappa shape index (κ3) is 3.47. The van der Waals surface area contributed by atoms with Crippen LogP contribution in [0.2, 0.25) is 0 Å². The van der Waals surface area contributed by atoms with Gasteiger partial charge in [-0.15, -0.1) is 0 Å². The summed E-state index contributed by atoms with van der Waals surface area (Å²) in [6.07, 6.45) is 4.30. The molecule has 1 aliphatic rings. The maximum atomic E-state index is 11.7. The Hall–Kier alpha value is -1.53. The zero-order valence-corrected chi connectivity index (χ0v) is 9.89. The highest BCUT2D eigenvalue weighted by atomic mass is 16.2. The first-order chi connectivity index (χ1) is 8.28. The quantitative estimate of drug-likeness (QED) is 0.750. The topological polar surface area (TPSA) is 70.2 Å². The Bertz CT molecular complexity index is 369. The number of likely N-dealkylation sites (tertiary alicyclic amines) is 1. The fraction of sp³-hybridized carbons (Fsp3) is 0.545. The molecule has 0 radical (unpaired) electrons. The SMILES string of the molecule is CNC1CCN(CC(=O)Nc2ncccn2)C1. The molecule has 0 spiro atoms. The van der Waals surface area contributed by atoms with Crippen molar-refractivity contribution in [3.05, 3.63) is 18.5 Å². The predicted octanol–water partition coefficient (Wildman–Crippen LogP) is -0.291. The highest BCUT2D eigenvalue weighted by molar-refractivity contribution is 5.90. The van der Waals surface area contributed by atoms with Crippen molar-refractivity contribution < 1.29 is 4.79 Å². The number of hydrogen-bond donors (Lipinski definition) is 2. The van der Waals surface area contributed by atoms with E-state index >= 15 is 0 Å². The summed E-state index contributed by atoms with van der Waals surface area (Å²) < 4.78 is 0. The molecule has 1 aromatic heterocycles. The average Bonchev–Trinajstić information content (AvgIpc) is 2.78. The van der Waals surface area contributed by atoms with Crippen molar-refractivity contribution in [3.8, 4) is 0 Å². The first-order valence-electron chi connectivity index (χ1n) is 5.74. The summed E-state index contributed by atoms with van der Waals surface area (Å²) in [5.74, 6) is 0.301. The van der Waals surface area contributed by atoms with Gasteiger partial charge in [-0.1, -0.05) is 0 Å². The van der Waals surface area contributed by atoms with Crippen LogP contribution in [0.3, 0.4) is 0 Å². The van der Waals surface area contributed by atoms with Crippen molar-refractivity contribution in [2.75, 3.05) is 32.0 Å². The molecule has 6 nitrogen and oxygen atoms in total. The van der Waals surface area contributed by atoms with E-state index in [0.29, 0.717) is 18.5 Å². The van der Waals surface area contributed by atoms with Gasteiger partial charge in [0.2, 0.25) is 11.9 Å². The summed E-state index contributed by atoms with van der Waals surface area (Å²) in [4.78, 5) is 21.7. The van der Waals surface area contributed by atoms with Crippen LogP contribution >= 0.6 is 0 Å². The molecular formula is C11H17N5O. The van der Waals surface area contributed by atoms with Crippen molar-refractivity contribution >= 4 is 11.9 Å². The molecule has 1 saturated heterocycles. The Kier molecular flexibility index (Phi) is 4.00. The second-order valence-electron chi connectivity index (χ2n) is 4.13. The van der Waals surface area contributed by atoms with E-state index in [2.05, 4.69) is 25.5 Å². The number of carbonyl (C=O) groups excluding carboxylic acids is 1. The minimum atomic E-state index is -0.0621. The van der Waals surface area contributed by atoms with Gasteiger partial charge in [0.05, 0.1) is 6.54 Å². The Labute approximate surface area is 100 Å². The molecule has 2 rings (SSSR count). The number of hydrogen-bond acceptors (Lipinski definition) is 5. The Morgan fingerprint density at radius 2 is 2.29 bits per heavy atom. The predicted molar refractivity (Wildman–Crippen MR) is 64.6 cm³/mol. The van der Waals surface area contributed by atoms with Crippen molar-refractivity contribution in [1.82, 2.24) is 20.2 Å². The van der Waals surface area contributed by atoms with Gasteiger partial charge in [0.1, 0.15) is 0 Å². The number of likely N-dealkylation sites (N-methyl/N-ethyl adjacent to an activating group) is 1. The summed E-state index contributed by atoms with van der Waals surface area (Å²) in [5, 5.41) is 5.90. The molecule has 2 N–H and O–H groups in total. The van der Waals surface area contributed by atoms with Crippen molar-refractivity contribution in [2.24, 2.45) is 0 Å². The molecule has 0 aliphatic carbocycles. The van der Waals surface area contributed by atoms with E-state index in [9.17, 15) is 4.79 Å². The zero-order chi connectivity index (χ0) is 12.1. The molecule has 1 fully saturated rings. The van der Waals surface area contributed by atoms with Crippen molar-refractivity contribution in [3.63, 3.8) is 0 Å². The Morgan fingerprint density at radius 1 is 1.53 bits per heavy atom. The standard InChI is InChI=1S/C11H17N5O/c1-12-9-3-6-16(7-9)8-10(17)15-11-13-4-2-5-14-11/h2,4-5,9,12H,3,6-8H2,1H3,(H,13,14,15,17). The normalized spacial score (nSPS) is 20.4. The fourth-order valence-corrected chi connectivity index (χ4v) is 1.94. The molecule has 1 aliphatic heterocycles. The molecule has 0 saturated carbocycles. The number of anilines is 1. The van der Waals surface area contributed by atoms with Gasteiger partial charge in [0.15, 0.2) is 0 Å². The van der Waals surface area contributed by atoms with Crippen molar-refractivity contribution in [2.45, 2.75) is 12.5 Å². The second-order valence-corrected chi connectivity index (χ2v) is 4.13. The first kappa shape index (κ1) is 11.9. The van der Waals surface area contributed by atoms with Gasteiger partial charge in [-0.25, -0.2) is 9.97 Å². The number of amides is 1. The molecule has 2 heterocycles. The minimum absolute atomic E-state index is 0.0621. The zero-order valence-electron chi connectivity index (χ0n) is 9.89. The Morgan fingerprint density at radius 3 is 2.94 bits per heavy atom. The average molecular weight is 235 g/mol. The van der Waals surface area contributed by atoms with Crippen LogP contribution in [0, 0.1) is 0 Å². The van der Waals surface area contributed by atoms with Gasteiger partial charge in [0.25, 0.3) is 0 Å². The van der Waals surface area contributed by atoms with E-state index in [-0.39, 0.29) is 5.91 Å². The van der Waals surface area contributed by atoms with Crippen LogP contribution in [-0.2, 0) is 4.79 Å². The number of carbonyl (C=O) groups is 1. The molecule has 6 heteroatoms. The summed E-state index contributed by atoms with van der Waals surface area (Å²) in [6, 6.07) is 2.21. The molecule has 0 aromatic carbocycles. The number of rotatable bonds is 4. The van der Waals surface area contributed by atoms with Crippen LogP contribution in [0.5, 0.6) is 0 Å². The molecular weight excluding hydrogens is 218 g/mol. The molecule has 1 unspecified atom stereocenters. The van der Waals surface area contributed by atoms with E-state index in [0.717, 1.165) is 19.5 Å². The van der Waals surface area contributed by atoms with Crippen LogP contribution in [-0.4, -0.2) is 53.5 Å². The van der Waals surface area contributed by atoms with Crippen LogP contribution < -0.4 is 10.6 Å². The maximum Gasteiger partial charge on any atom is 0.240 e. The third-order valence-electron chi connectivity index (χ3n) is 2.86. The van der Waals surface area contributed by atoms with Crippen LogP contribution in [0.25, 0.3) is 0 Å². The largest absolute Gasteiger partial charge is 0.316 e. The number of nitrogens with zero attached hydrogens (tertiary/aromatic N) is 3. The number of aromatic nitrogens is 2. The lowest BCUT2D eigenvalue weighted by atomic mass is 10.3. The van der Waals surface area contributed by atoms with Gasteiger partial charge in [0, 0.05) is 31.5 Å². The third-order valence-corrected chi connectivity index (χ3v) is 2.86. The van der Waals surface area contributed by atoms with Gasteiger partial charge in [-0.05, 0) is 19.5 Å². The van der Waals surface area contributed by atoms with E-state index in [1.807, 2.05) is 7.05 Å². The summed E-state index contributed by atoms with van der Waals surface area (Å²) in [7, 11) is 1.95. The van der Waals surface area contributed by atoms with Gasteiger partial charge < -0.3 is 5.32 Å². The molecule has 1 aromatic rings. The highest BCUT2D eigenvalue weighted by Gasteiger charge is 2.22. The first-order valence-corrected chi connectivity index (χ1v) is 5.74. The van der Waals surface area contributed by atoms with Gasteiger partial charge >= 0.3 is 0 Å². The summed E-state index contributed by atoms with van der Waals surface area (Å²) >= 11 is 0.